The van der Waals surface area contributed by atoms with Crippen molar-refractivity contribution in [1.29, 1.82) is 0 Å². The second-order valence-corrected chi connectivity index (χ2v) is 8.59. The van der Waals surface area contributed by atoms with Gasteiger partial charge in [0.05, 0.1) is 12.2 Å². The van der Waals surface area contributed by atoms with Gasteiger partial charge in [0.2, 0.25) is 0 Å². The van der Waals surface area contributed by atoms with E-state index in [-0.39, 0.29) is 30.3 Å². The maximum atomic E-state index is 12.9. The predicted octanol–water partition coefficient (Wildman–Crippen LogP) is 6.18. The van der Waals surface area contributed by atoms with Crippen molar-refractivity contribution in [3.05, 3.63) is 89.5 Å². The molecule has 3 aromatic carbocycles. The standard InChI is InChI=1S/C28H25F5N2O5/c29-27(30,28(31,32)33)12-1-13-38-23-9-5-20(6-10-23)26(37)40-24-7-2-18(3-8-24)4-11-25(36)39-17-19-14-21(34)16-22(35)15-19/h2-11,14-16H,1,12-13,17,34-35H2. The van der Waals surface area contributed by atoms with Crippen molar-refractivity contribution in [2.45, 2.75) is 31.5 Å². The van der Waals surface area contributed by atoms with Gasteiger partial charge in [0.15, 0.2) is 0 Å². The van der Waals surface area contributed by atoms with Crippen molar-refractivity contribution in [3.63, 3.8) is 0 Å². The molecular formula is C28H25F5N2O5. The van der Waals surface area contributed by atoms with Crippen LogP contribution >= 0.6 is 0 Å². The van der Waals surface area contributed by atoms with Crippen LogP contribution in [0.5, 0.6) is 11.5 Å². The van der Waals surface area contributed by atoms with Gasteiger partial charge in [0.25, 0.3) is 0 Å². The molecule has 0 spiro atoms. The van der Waals surface area contributed by atoms with Gasteiger partial charge in [0, 0.05) is 23.9 Å². The quantitative estimate of drug-likeness (QED) is 0.0714. The Bertz CT molecular complexity index is 1320. The number of esters is 2. The molecule has 0 unspecified atom stereocenters. The molecule has 0 saturated carbocycles. The minimum absolute atomic E-state index is 0.00127. The number of nitrogen functional groups attached to an aromatic ring is 2. The van der Waals surface area contributed by atoms with Crippen molar-refractivity contribution in [1.82, 2.24) is 0 Å². The number of nitrogens with two attached hydrogens (primary N) is 2. The third-order valence-electron chi connectivity index (χ3n) is 5.33. The van der Waals surface area contributed by atoms with Gasteiger partial charge in [-0.3, -0.25) is 0 Å². The lowest BCUT2D eigenvalue weighted by Crippen LogP contribution is -2.36. The van der Waals surface area contributed by atoms with Gasteiger partial charge in [-0.2, -0.15) is 22.0 Å². The minimum Gasteiger partial charge on any atom is -0.494 e. The third-order valence-corrected chi connectivity index (χ3v) is 5.33. The molecule has 212 valence electrons. The third kappa shape index (κ3) is 9.00. The fourth-order valence-electron chi connectivity index (χ4n) is 3.32. The van der Waals surface area contributed by atoms with Gasteiger partial charge in [-0.05, 0) is 78.2 Å². The SMILES string of the molecule is Nc1cc(N)cc(COC(=O)C=Cc2ccc(OC(=O)c3ccc(OCCCC(F)(F)C(F)(F)F)cc3)cc2)c1. The highest BCUT2D eigenvalue weighted by molar-refractivity contribution is 5.91. The van der Waals surface area contributed by atoms with E-state index in [0.29, 0.717) is 22.5 Å². The van der Waals surface area contributed by atoms with E-state index in [2.05, 4.69) is 0 Å². The van der Waals surface area contributed by atoms with Crippen LogP contribution in [0, 0.1) is 0 Å². The van der Waals surface area contributed by atoms with E-state index in [4.69, 9.17) is 25.7 Å². The molecule has 0 aliphatic carbocycles. The lowest BCUT2D eigenvalue weighted by atomic mass is 10.2. The van der Waals surface area contributed by atoms with Crippen LogP contribution in [0.25, 0.3) is 6.08 Å². The molecule has 7 nitrogen and oxygen atoms in total. The fraction of sp³-hybridized carbons (Fsp3) is 0.214. The highest BCUT2D eigenvalue weighted by atomic mass is 19.4. The van der Waals surface area contributed by atoms with Crippen LogP contribution in [0.2, 0.25) is 0 Å². The molecule has 40 heavy (non-hydrogen) atoms. The Balaban J connectivity index is 1.44. The van der Waals surface area contributed by atoms with Crippen LogP contribution in [0.3, 0.4) is 0 Å². The zero-order chi connectivity index (χ0) is 29.3. The van der Waals surface area contributed by atoms with Gasteiger partial charge in [-0.15, -0.1) is 0 Å². The second kappa shape index (κ2) is 13.0. The molecule has 0 atom stereocenters. The number of benzene rings is 3. The van der Waals surface area contributed by atoms with Gasteiger partial charge in [-0.1, -0.05) is 12.1 Å². The Hall–Kier alpha value is -4.61. The maximum absolute atomic E-state index is 12.9. The summed E-state index contributed by atoms with van der Waals surface area (Å²) >= 11 is 0. The zero-order valence-corrected chi connectivity index (χ0v) is 20.9. The van der Waals surface area contributed by atoms with E-state index < -0.39 is 36.9 Å². The molecule has 0 amide bonds. The Morgan fingerprint density at radius 2 is 1.43 bits per heavy atom. The molecule has 0 aliphatic rings. The van der Waals surface area contributed by atoms with Crippen molar-refractivity contribution in [3.8, 4) is 11.5 Å². The zero-order valence-electron chi connectivity index (χ0n) is 20.9. The Labute approximate surface area is 226 Å². The summed E-state index contributed by atoms with van der Waals surface area (Å²) in [5, 5.41) is 0. The average molecular weight is 565 g/mol. The summed E-state index contributed by atoms with van der Waals surface area (Å²) in [6.45, 7) is -0.355. The second-order valence-electron chi connectivity index (χ2n) is 8.59. The number of alkyl halides is 5. The minimum atomic E-state index is -5.60. The van der Waals surface area contributed by atoms with Gasteiger partial charge < -0.3 is 25.7 Å². The van der Waals surface area contributed by atoms with E-state index in [1.807, 2.05) is 0 Å². The van der Waals surface area contributed by atoms with Crippen LogP contribution in [-0.4, -0.2) is 30.6 Å². The van der Waals surface area contributed by atoms with Gasteiger partial charge >= 0.3 is 24.0 Å². The molecule has 4 N–H and O–H groups in total. The number of ether oxygens (including phenoxy) is 3. The number of rotatable bonds is 11. The lowest BCUT2D eigenvalue weighted by molar-refractivity contribution is -0.284. The molecule has 0 aromatic heterocycles. The largest absolute Gasteiger partial charge is 0.494 e. The molecular weight excluding hydrogens is 539 g/mol. The van der Waals surface area contributed by atoms with Crippen LogP contribution in [0.4, 0.5) is 33.3 Å². The number of halogens is 5. The van der Waals surface area contributed by atoms with E-state index in [1.165, 1.54) is 48.6 Å². The van der Waals surface area contributed by atoms with E-state index in [9.17, 15) is 31.5 Å². The smallest absolute Gasteiger partial charge is 0.453 e. The number of carbonyl (C=O) groups excluding carboxylic acids is 2. The molecule has 3 aromatic rings. The first-order valence-electron chi connectivity index (χ1n) is 11.8. The van der Waals surface area contributed by atoms with Crippen molar-refractivity contribution < 1.29 is 45.8 Å². The van der Waals surface area contributed by atoms with Crippen LogP contribution in [-0.2, 0) is 16.1 Å². The summed E-state index contributed by atoms with van der Waals surface area (Å²) in [6, 6.07) is 16.6. The summed E-state index contributed by atoms with van der Waals surface area (Å²) in [7, 11) is 0. The molecule has 0 fully saturated rings. The molecule has 0 saturated heterocycles. The number of hydrogen-bond acceptors (Lipinski definition) is 7. The first-order valence-corrected chi connectivity index (χ1v) is 11.8. The predicted molar refractivity (Wildman–Crippen MR) is 138 cm³/mol. The van der Waals surface area contributed by atoms with Crippen molar-refractivity contribution in [2.24, 2.45) is 0 Å². The highest BCUT2D eigenvalue weighted by Crippen LogP contribution is 2.38. The van der Waals surface area contributed by atoms with Crippen molar-refractivity contribution in [2.75, 3.05) is 18.1 Å². The molecule has 0 bridgehead atoms. The Morgan fingerprint density at radius 1 is 0.825 bits per heavy atom. The molecule has 0 radical (unpaired) electrons. The van der Waals surface area contributed by atoms with Crippen LogP contribution in [0.1, 0.15) is 34.3 Å². The summed E-state index contributed by atoms with van der Waals surface area (Å²) < 4.78 is 78.0. The summed E-state index contributed by atoms with van der Waals surface area (Å²) in [4.78, 5) is 24.4. The van der Waals surface area contributed by atoms with Crippen LogP contribution < -0.4 is 20.9 Å². The first kappa shape index (κ1) is 29.9. The maximum Gasteiger partial charge on any atom is 0.453 e. The van der Waals surface area contributed by atoms with Gasteiger partial charge in [0.1, 0.15) is 18.1 Å². The Kier molecular flexibility index (Phi) is 9.70. The fourth-order valence-corrected chi connectivity index (χ4v) is 3.32. The molecule has 0 aliphatic heterocycles. The van der Waals surface area contributed by atoms with E-state index >= 15 is 0 Å². The average Bonchev–Trinajstić information content (AvgIpc) is 2.88. The van der Waals surface area contributed by atoms with E-state index in [0.717, 1.165) is 0 Å². The van der Waals surface area contributed by atoms with Crippen LogP contribution in [0.15, 0.2) is 72.8 Å². The highest BCUT2D eigenvalue weighted by Gasteiger charge is 2.56. The number of carbonyl (C=O) groups is 2. The first-order chi connectivity index (χ1) is 18.8. The number of anilines is 2. The molecule has 12 heteroatoms. The summed E-state index contributed by atoms with van der Waals surface area (Å²) in [5.41, 5.74) is 13.8. The molecule has 3 rings (SSSR count). The molecule has 0 heterocycles. The lowest BCUT2D eigenvalue weighted by Gasteiger charge is -2.19. The van der Waals surface area contributed by atoms with Crippen molar-refractivity contribution >= 4 is 29.4 Å². The Morgan fingerprint density at radius 3 is 2.02 bits per heavy atom. The normalized spacial score (nSPS) is 11.8. The number of hydrogen-bond donors (Lipinski definition) is 2. The summed E-state index contributed by atoms with van der Waals surface area (Å²) in [5.74, 6) is -5.62. The summed E-state index contributed by atoms with van der Waals surface area (Å²) in [6.07, 6.45) is -4.75. The topological polar surface area (TPSA) is 114 Å². The van der Waals surface area contributed by atoms with Gasteiger partial charge in [-0.25, -0.2) is 9.59 Å². The monoisotopic (exact) mass is 564 g/mol. The van der Waals surface area contributed by atoms with E-state index in [1.54, 1.807) is 30.3 Å².